The Morgan fingerprint density at radius 3 is 1.42 bits per heavy atom. The molecule has 0 amide bonds. The zero-order valence-electron chi connectivity index (χ0n) is 25.4. The molecule has 0 aromatic rings. The van der Waals surface area contributed by atoms with E-state index >= 15 is 0 Å². The Bertz CT molecular complexity index is 484. The van der Waals surface area contributed by atoms with Crippen molar-refractivity contribution in [2.75, 3.05) is 59.5 Å². The van der Waals surface area contributed by atoms with Crippen LogP contribution >= 0.6 is 0 Å². The van der Waals surface area contributed by atoms with Crippen LogP contribution < -0.4 is 0 Å². The van der Waals surface area contributed by atoms with Crippen LogP contribution in [-0.2, 0) is 36.7 Å². The van der Waals surface area contributed by atoms with Gasteiger partial charge in [-0.15, -0.1) is 0 Å². The molecule has 0 aromatic carbocycles. The minimum atomic E-state index is -3.22. The van der Waals surface area contributed by atoms with Gasteiger partial charge in [0.1, 0.15) is 6.10 Å². The highest BCUT2D eigenvalue weighted by Gasteiger charge is 2.46. The lowest BCUT2D eigenvalue weighted by atomic mass is 10.1. The predicted octanol–water partition coefficient (Wildman–Crippen LogP) is 6.80. The molecule has 1 aliphatic rings. The first-order valence-corrected chi connectivity index (χ1v) is 17.3. The van der Waals surface area contributed by atoms with Gasteiger partial charge in [-0.2, -0.15) is 0 Å². The third-order valence-electron chi connectivity index (χ3n) is 6.37. The zero-order valence-corrected chi connectivity index (χ0v) is 26.4. The van der Waals surface area contributed by atoms with E-state index in [1.54, 1.807) is 0 Å². The highest BCUT2D eigenvalue weighted by molar-refractivity contribution is 6.53. The summed E-state index contributed by atoms with van der Waals surface area (Å²) in [7, 11) is -3.22. The highest BCUT2D eigenvalue weighted by atomic mass is 28.4. The number of hydrogen-bond acceptors (Lipinski definition) is 8. The molecular formula is C29H60O8Si. The molecule has 9 heteroatoms. The normalized spacial score (nSPS) is 15.9. The summed E-state index contributed by atoms with van der Waals surface area (Å²) in [4.78, 5) is 0. The minimum absolute atomic E-state index is 0.256. The first-order valence-electron chi connectivity index (χ1n) is 15.6. The Labute approximate surface area is 235 Å². The summed E-state index contributed by atoms with van der Waals surface area (Å²) in [6, 6.07) is 0. The summed E-state index contributed by atoms with van der Waals surface area (Å²) in [5.74, 6) is -0.683. The maximum Gasteiger partial charge on any atom is 0.679 e. The van der Waals surface area contributed by atoms with E-state index in [-0.39, 0.29) is 6.10 Å². The van der Waals surface area contributed by atoms with E-state index in [4.69, 9.17) is 36.7 Å². The standard InChI is InChI=1S/C29H60O8Si/c1-6-11-19-32-29(33-20-12-7-2,18-25-30-26-28-27-31-28)17-16-24-37-38(34-21-13-8-3,35-22-14-9-4)36-23-15-10-5/h28H,6-27H2,1-5H3. The monoisotopic (exact) mass is 564 g/mol. The fourth-order valence-corrected chi connectivity index (χ4v) is 5.76. The van der Waals surface area contributed by atoms with Crippen molar-refractivity contribution in [1.82, 2.24) is 0 Å². The maximum absolute atomic E-state index is 6.44. The van der Waals surface area contributed by atoms with Crippen molar-refractivity contribution in [1.29, 1.82) is 0 Å². The zero-order chi connectivity index (χ0) is 27.8. The van der Waals surface area contributed by atoms with Gasteiger partial charge in [0.05, 0.1) is 33.0 Å². The first kappa shape index (κ1) is 35.9. The molecule has 0 radical (unpaired) electrons. The molecule has 1 unspecified atom stereocenters. The van der Waals surface area contributed by atoms with Crippen LogP contribution in [0.2, 0.25) is 0 Å². The van der Waals surface area contributed by atoms with Gasteiger partial charge in [-0.1, -0.05) is 66.7 Å². The number of epoxide rings is 1. The summed E-state index contributed by atoms with van der Waals surface area (Å²) >= 11 is 0. The lowest BCUT2D eigenvalue weighted by Crippen LogP contribution is -2.50. The summed E-state index contributed by atoms with van der Waals surface area (Å²) in [6.07, 6.45) is 12.6. The molecule has 0 aromatic heterocycles. The molecule has 0 N–H and O–H groups in total. The van der Waals surface area contributed by atoms with Crippen LogP contribution in [0.15, 0.2) is 0 Å². The molecule has 0 aliphatic carbocycles. The summed E-state index contributed by atoms with van der Waals surface area (Å²) in [6.45, 7) is 16.4. The van der Waals surface area contributed by atoms with Gasteiger partial charge in [-0.05, 0) is 38.5 Å². The summed E-state index contributed by atoms with van der Waals surface area (Å²) in [5.41, 5.74) is 0. The van der Waals surface area contributed by atoms with Gasteiger partial charge in [0.2, 0.25) is 0 Å². The van der Waals surface area contributed by atoms with Crippen molar-refractivity contribution >= 4 is 9.05 Å². The second-order valence-electron chi connectivity index (χ2n) is 10.2. The van der Waals surface area contributed by atoms with Crippen LogP contribution in [0.25, 0.3) is 0 Å². The maximum atomic E-state index is 6.44. The predicted molar refractivity (Wildman–Crippen MR) is 153 cm³/mol. The molecule has 1 atom stereocenters. The van der Waals surface area contributed by atoms with E-state index in [1.807, 2.05) is 0 Å². The van der Waals surface area contributed by atoms with E-state index in [2.05, 4.69) is 34.6 Å². The van der Waals surface area contributed by atoms with Crippen LogP contribution in [0, 0.1) is 0 Å². The Kier molecular flexibility index (Phi) is 22.3. The van der Waals surface area contributed by atoms with E-state index in [9.17, 15) is 0 Å². The Hall–Kier alpha value is -0.103. The average Bonchev–Trinajstić information content (AvgIpc) is 3.74. The number of rotatable bonds is 30. The Morgan fingerprint density at radius 2 is 1.00 bits per heavy atom. The van der Waals surface area contributed by atoms with Crippen molar-refractivity contribution in [2.24, 2.45) is 0 Å². The number of hydrogen-bond donors (Lipinski definition) is 0. The van der Waals surface area contributed by atoms with Crippen LogP contribution in [0.1, 0.15) is 118 Å². The SMILES string of the molecule is CCCCOC(CCCO[Si](OCCCC)(OCCCC)OCCCC)(CCOCC1CO1)OCCCC. The Morgan fingerprint density at radius 1 is 0.579 bits per heavy atom. The van der Waals surface area contributed by atoms with Gasteiger partial charge >= 0.3 is 9.05 Å². The highest BCUT2D eigenvalue weighted by Crippen LogP contribution is 2.27. The van der Waals surface area contributed by atoms with Gasteiger partial charge in [0.25, 0.3) is 0 Å². The minimum Gasteiger partial charge on any atom is -0.378 e. The average molecular weight is 565 g/mol. The summed E-state index contributed by atoms with van der Waals surface area (Å²) in [5, 5.41) is 0. The molecule has 0 spiro atoms. The van der Waals surface area contributed by atoms with Crippen molar-refractivity contribution < 1.29 is 36.7 Å². The lowest BCUT2D eigenvalue weighted by molar-refractivity contribution is -0.251. The summed E-state index contributed by atoms with van der Waals surface area (Å²) < 4.78 is 49.2. The lowest BCUT2D eigenvalue weighted by Gasteiger charge is -2.35. The number of ether oxygens (including phenoxy) is 4. The molecule has 1 rings (SSSR count). The van der Waals surface area contributed by atoms with Crippen molar-refractivity contribution in [3.8, 4) is 0 Å². The molecular weight excluding hydrogens is 504 g/mol. The van der Waals surface area contributed by atoms with Crippen molar-refractivity contribution in [2.45, 2.75) is 130 Å². The van der Waals surface area contributed by atoms with Gasteiger partial charge in [-0.25, -0.2) is 0 Å². The molecule has 38 heavy (non-hydrogen) atoms. The fourth-order valence-electron chi connectivity index (χ4n) is 3.68. The van der Waals surface area contributed by atoms with E-state index in [0.29, 0.717) is 65.7 Å². The van der Waals surface area contributed by atoms with Gasteiger partial charge in [-0.3, -0.25) is 0 Å². The molecule has 1 heterocycles. The molecule has 228 valence electrons. The van der Waals surface area contributed by atoms with Crippen molar-refractivity contribution in [3.05, 3.63) is 0 Å². The fraction of sp³-hybridized carbons (Fsp3) is 1.00. The van der Waals surface area contributed by atoms with Crippen molar-refractivity contribution in [3.63, 3.8) is 0 Å². The molecule has 0 bridgehead atoms. The smallest absolute Gasteiger partial charge is 0.378 e. The molecule has 1 fully saturated rings. The van der Waals surface area contributed by atoms with Crippen LogP contribution in [0.4, 0.5) is 0 Å². The molecule has 1 aliphatic heterocycles. The van der Waals surface area contributed by atoms with Crippen LogP contribution in [-0.4, -0.2) is 80.4 Å². The molecule has 0 saturated carbocycles. The van der Waals surface area contributed by atoms with Gasteiger partial charge in [0.15, 0.2) is 5.79 Å². The third-order valence-corrected chi connectivity index (χ3v) is 8.60. The topological polar surface area (TPSA) is 77.1 Å². The largest absolute Gasteiger partial charge is 0.679 e. The number of unbranched alkanes of at least 4 members (excludes halogenated alkanes) is 5. The van der Waals surface area contributed by atoms with E-state index < -0.39 is 14.8 Å². The first-order chi connectivity index (χ1) is 18.6. The Balaban J connectivity index is 2.82. The molecule has 8 nitrogen and oxygen atoms in total. The van der Waals surface area contributed by atoms with Crippen LogP contribution in [0.3, 0.4) is 0 Å². The molecule has 1 saturated heterocycles. The van der Waals surface area contributed by atoms with Crippen LogP contribution in [0.5, 0.6) is 0 Å². The second-order valence-corrected chi connectivity index (χ2v) is 12.3. The van der Waals surface area contributed by atoms with E-state index in [0.717, 1.165) is 77.2 Å². The second kappa shape index (κ2) is 23.6. The third kappa shape index (κ3) is 17.6. The quantitative estimate of drug-likeness (QED) is 0.0408. The van der Waals surface area contributed by atoms with Gasteiger partial charge < -0.3 is 36.7 Å². The van der Waals surface area contributed by atoms with Gasteiger partial charge in [0, 0.05) is 39.3 Å². The van der Waals surface area contributed by atoms with E-state index in [1.165, 1.54) is 0 Å².